The van der Waals surface area contributed by atoms with E-state index in [2.05, 4.69) is 24.8 Å². The molecule has 0 spiro atoms. The Labute approximate surface area is 120 Å². The van der Waals surface area contributed by atoms with Crippen LogP contribution in [0.2, 0.25) is 0 Å². The van der Waals surface area contributed by atoms with Crippen molar-refractivity contribution in [2.75, 3.05) is 0 Å². The van der Waals surface area contributed by atoms with Crippen molar-refractivity contribution in [2.24, 2.45) is 0 Å². The topological polar surface area (TPSA) is 20.2 Å². The van der Waals surface area contributed by atoms with Gasteiger partial charge in [-0.15, -0.1) is 6.58 Å². The minimum atomic E-state index is -2.88. The van der Waals surface area contributed by atoms with Crippen molar-refractivity contribution in [1.29, 1.82) is 0 Å². The summed E-state index contributed by atoms with van der Waals surface area (Å²) >= 11 is 0. The lowest BCUT2D eigenvalue weighted by Gasteiger charge is -2.23. The predicted molar refractivity (Wildman–Crippen MR) is 87.8 cm³/mol. The van der Waals surface area contributed by atoms with Gasteiger partial charge in [0.25, 0.3) is 8.32 Å². The van der Waals surface area contributed by atoms with E-state index in [0.29, 0.717) is 0 Å². The first-order valence-corrected chi connectivity index (χ1v) is 8.68. The van der Waals surface area contributed by atoms with E-state index in [-0.39, 0.29) is 0 Å². The van der Waals surface area contributed by atoms with Gasteiger partial charge in [0.2, 0.25) is 0 Å². The lowest BCUT2D eigenvalue weighted by atomic mass is 10.1. The van der Waals surface area contributed by atoms with Gasteiger partial charge in [-0.3, -0.25) is 0 Å². The fourth-order valence-corrected chi connectivity index (χ4v) is 5.09. The Bertz CT molecular complexity index is 746. The van der Waals surface area contributed by atoms with Crippen LogP contribution in [0, 0.1) is 0 Å². The zero-order valence-corrected chi connectivity index (χ0v) is 12.2. The fourth-order valence-electron chi connectivity index (χ4n) is 2.63. The SMILES string of the molecule is C=C[Si@](O)(c1ccccc1)c1cccc2ccccc12. The van der Waals surface area contributed by atoms with Crippen LogP contribution in [0.1, 0.15) is 0 Å². The van der Waals surface area contributed by atoms with Crippen molar-refractivity contribution in [1.82, 2.24) is 0 Å². The van der Waals surface area contributed by atoms with Gasteiger partial charge in [0.05, 0.1) is 0 Å². The molecular weight excluding hydrogens is 260 g/mol. The second kappa shape index (κ2) is 5.08. The van der Waals surface area contributed by atoms with Crippen LogP contribution < -0.4 is 10.4 Å². The lowest BCUT2D eigenvalue weighted by Crippen LogP contribution is -2.57. The van der Waals surface area contributed by atoms with Gasteiger partial charge in [0, 0.05) is 0 Å². The molecule has 0 aliphatic rings. The van der Waals surface area contributed by atoms with Gasteiger partial charge < -0.3 is 4.80 Å². The summed E-state index contributed by atoms with van der Waals surface area (Å²) in [4.78, 5) is 11.3. The molecule has 3 aromatic rings. The Morgan fingerprint density at radius 1 is 0.800 bits per heavy atom. The van der Waals surface area contributed by atoms with E-state index < -0.39 is 8.32 Å². The Morgan fingerprint density at radius 2 is 1.45 bits per heavy atom. The first-order chi connectivity index (χ1) is 9.75. The van der Waals surface area contributed by atoms with E-state index in [0.717, 1.165) is 21.1 Å². The summed E-state index contributed by atoms with van der Waals surface area (Å²) in [6.45, 7) is 3.90. The van der Waals surface area contributed by atoms with E-state index >= 15 is 0 Å². The number of hydrogen-bond donors (Lipinski definition) is 1. The molecule has 20 heavy (non-hydrogen) atoms. The fraction of sp³-hybridized carbons (Fsp3) is 0. The minimum Gasteiger partial charge on any atom is -0.421 e. The molecule has 2 heteroatoms. The molecule has 0 unspecified atom stereocenters. The van der Waals surface area contributed by atoms with Crippen LogP contribution in [-0.4, -0.2) is 13.1 Å². The van der Waals surface area contributed by atoms with E-state index in [9.17, 15) is 4.80 Å². The van der Waals surface area contributed by atoms with Crippen LogP contribution in [0.3, 0.4) is 0 Å². The summed E-state index contributed by atoms with van der Waals surface area (Å²) in [5.41, 5.74) is 1.74. The van der Waals surface area contributed by atoms with Crippen molar-refractivity contribution in [3.63, 3.8) is 0 Å². The highest BCUT2D eigenvalue weighted by Gasteiger charge is 2.33. The summed E-state index contributed by atoms with van der Waals surface area (Å²) in [6.07, 6.45) is 0. The molecule has 0 saturated heterocycles. The smallest absolute Gasteiger partial charge is 0.278 e. The molecule has 98 valence electrons. The number of fused-ring (bicyclic) bond motifs is 1. The van der Waals surface area contributed by atoms with Gasteiger partial charge in [-0.1, -0.05) is 78.5 Å². The van der Waals surface area contributed by atoms with Crippen LogP contribution in [0.5, 0.6) is 0 Å². The van der Waals surface area contributed by atoms with Gasteiger partial charge in [-0.2, -0.15) is 0 Å². The summed E-state index contributed by atoms with van der Waals surface area (Å²) in [6, 6.07) is 24.1. The van der Waals surface area contributed by atoms with Crippen LogP contribution in [0.25, 0.3) is 10.8 Å². The van der Waals surface area contributed by atoms with E-state index in [4.69, 9.17) is 0 Å². The van der Waals surface area contributed by atoms with Crippen molar-refractivity contribution < 1.29 is 4.80 Å². The Balaban J connectivity index is 2.30. The van der Waals surface area contributed by atoms with Crippen LogP contribution in [-0.2, 0) is 0 Å². The van der Waals surface area contributed by atoms with Gasteiger partial charge in [-0.05, 0) is 21.1 Å². The number of hydrogen-bond acceptors (Lipinski definition) is 1. The van der Waals surface area contributed by atoms with Gasteiger partial charge in [0.1, 0.15) is 0 Å². The average molecular weight is 276 g/mol. The Hall–Kier alpha value is -2.16. The first kappa shape index (κ1) is 12.8. The molecule has 0 bridgehead atoms. The van der Waals surface area contributed by atoms with E-state index in [1.807, 2.05) is 54.6 Å². The lowest BCUT2D eigenvalue weighted by molar-refractivity contribution is 0.582. The zero-order chi connectivity index (χ0) is 14.0. The van der Waals surface area contributed by atoms with Crippen LogP contribution in [0.15, 0.2) is 85.1 Å². The zero-order valence-electron chi connectivity index (χ0n) is 11.2. The van der Waals surface area contributed by atoms with E-state index in [1.54, 1.807) is 5.70 Å². The summed E-state index contributed by atoms with van der Waals surface area (Å²) in [5.74, 6) is 0. The molecule has 1 atom stereocenters. The number of benzene rings is 3. The molecule has 0 aliphatic carbocycles. The van der Waals surface area contributed by atoms with Gasteiger partial charge in [-0.25, -0.2) is 0 Å². The molecule has 0 amide bonds. The minimum absolute atomic E-state index is 0.964. The average Bonchev–Trinajstić information content (AvgIpc) is 2.54. The summed E-state index contributed by atoms with van der Waals surface area (Å²) < 4.78 is 0. The molecule has 0 saturated carbocycles. The largest absolute Gasteiger partial charge is 0.421 e. The normalized spacial score (nSPS) is 13.8. The second-order valence-electron chi connectivity index (χ2n) is 4.86. The van der Waals surface area contributed by atoms with Gasteiger partial charge >= 0.3 is 0 Å². The monoisotopic (exact) mass is 276 g/mol. The van der Waals surface area contributed by atoms with Crippen molar-refractivity contribution in [3.8, 4) is 0 Å². The summed E-state index contributed by atoms with van der Waals surface area (Å²) in [5, 5.41) is 4.21. The van der Waals surface area contributed by atoms with Gasteiger partial charge in [0.15, 0.2) is 0 Å². The molecule has 0 heterocycles. The van der Waals surface area contributed by atoms with Crippen LogP contribution in [0.4, 0.5) is 0 Å². The third kappa shape index (κ3) is 1.99. The van der Waals surface area contributed by atoms with Crippen molar-refractivity contribution in [3.05, 3.63) is 85.1 Å². The number of rotatable bonds is 3. The third-order valence-corrected chi connectivity index (χ3v) is 6.77. The Morgan fingerprint density at radius 3 is 2.20 bits per heavy atom. The quantitative estimate of drug-likeness (QED) is 0.729. The third-order valence-electron chi connectivity index (χ3n) is 3.71. The molecular formula is C18H16OSi. The summed E-state index contributed by atoms with van der Waals surface area (Å²) in [7, 11) is -2.88. The molecule has 0 aromatic heterocycles. The molecule has 3 rings (SSSR count). The van der Waals surface area contributed by atoms with Crippen molar-refractivity contribution in [2.45, 2.75) is 0 Å². The Kier molecular flexibility index (Phi) is 3.26. The molecule has 1 N–H and O–H groups in total. The molecule has 3 aromatic carbocycles. The van der Waals surface area contributed by atoms with Crippen LogP contribution >= 0.6 is 0 Å². The maximum atomic E-state index is 11.3. The highest BCUT2D eigenvalue weighted by molar-refractivity contribution is 7.01. The molecule has 1 nitrogen and oxygen atoms in total. The first-order valence-electron chi connectivity index (χ1n) is 6.65. The maximum absolute atomic E-state index is 11.3. The maximum Gasteiger partial charge on any atom is 0.278 e. The standard InChI is InChI=1S/C18H16OSi/c1-2-20(19,16-11-4-3-5-12-16)18-14-8-10-15-9-6-7-13-17(15)18/h2-14,19H,1H2/t20-/m0/s1. The highest BCUT2D eigenvalue weighted by atomic mass is 28.4. The predicted octanol–water partition coefficient (Wildman–Crippen LogP) is 2.62. The molecule has 0 aliphatic heterocycles. The van der Waals surface area contributed by atoms with E-state index in [1.165, 1.54) is 0 Å². The molecule has 0 radical (unpaired) electrons. The van der Waals surface area contributed by atoms with Crippen molar-refractivity contribution >= 4 is 29.5 Å². The molecule has 0 fully saturated rings. The highest BCUT2D eigenvalue weighted by Crippen LogP contribution is 2.15. The second-order valence-corrected chi connectivity index (χ2v) is 7.92.